The number of nitrogens with zero attached hydrogens (tertiary/aromatic N) is 1. The first-order valence-corrected chi connectivity index (χ1v) is 7.51. The zero-order chi connectivity index (χ0) is 13.0. The second-order valence-electron chi connectivity index (χ2n) is 5.43. The summed E-state index contributed by atoms with van der Waals surface area (Å²) in [6.45, 7) is 8.26. The molecule has 0 aromatic carbocycles. The lowest BCUT2D eigenvalue weighted by atomic mass is 10.1. The predicted octanol–water partition coefficient (Wildman–Crippen LogP) is 2.14. The largest absolute Gasteiger partial charge is 0.389 e. The van der Waals surface area contributed by atoms with E-state index in [0.29, 0.717) is 12.5 Å². The van der Waals surface area contributed by atoms with Gasteiger partial charge in [-0.05, 0) is 24.5 Å². The summed E-state index contributed by atoms with van der Waals surface area (Å²) < 4.78 is 5.34. The minimum absolute atomic E-state index is 0.345. The number of ether oxygens (including phenoxy) is 1. The van der Waals surface area contributed by atoms with Gasteiger partial charge in [-0.3, -0.25) is 4.90 Å². The van der Waals surface area contributed by atoms with Gasteiger partial charge in [-0.25, -0.2) is 0 Å². The SMILES string of the molecule is CC(C)Cc1ccc(CN2CCOC[C@@H](O)C2)s1. The molecule has 4 heteroatoms. The lowest BCUT2D eigenvalue weighted by molar-refractivity contribution is 0.0562. The summed E-state index contributed by atoms with van der Waals surface area (Å²) in [4.78, 5) is 5.13. The van der Waals surface area contributed by atoms with E-state index in [-0.39, 0.29) is 6.10 Å². The van der Waals surface area contributed by atoms with Crippen molar-refractivity contribution >= 4 is 11.3 Å². The average molecular weight is 269 g/mol. The first-order chi connectivity index (χ1) is 8.63. The standard InChI is InChI=1S/C14H23NO2S/c1-11(2)7-13-3-4-14(18-13)9-15-5-6-17-10-12(16)8-15/h3-4,11-12,16H,5-10H2,1-2H3/t12-/m0/s1. The first-order valence-electron chi connectivity index (χ1n) is 6.69. The molecule has 1 aliphatic rings. The fraction of sp³-hybridized carbons (Fsp3) is 0.714. The van der Waals surface area contributed by atoms with Crippen LogP contribution in [-0.2, 0) is 17.7 Å². The Balaban J connectivity index is 1.89. The molecule has 0 radical (unpaired) electrons. The quantitative estimate of drug-likeness (QED) is 0.909. The van der Waals surface area contributed by atoms with E-state index < -0.39 is 0 Å². The Labute approximate surface area is 113 Å². The molecular weight excluding hydrogens is 246 g/mol. The van der Waals surface area contributed by atoms with Gasteiger partial charge in [-0.15, -0.1) is 11.3 Å². The van der Waals surface area contributed by atoms with Crippen molar-refractivity contribution < 1.29 is 9.84 Å². The van der Waals surface area contributed by atoms with Crippen LogP contribution < -0.4 is 0 Å². The summed E-state index contributed by atoms with van der Waals surface area (Å²) in [5, 5.41) is 9.70. The summed E-state index contributed by atoms with van der Waals surface area (Å²) in [6, 6.07) is 4.46. The van der Waals surface area contributed by atoms with Crippen molar-refractivity contribution in [3.63, 3.8) is 0 Å². The maximum Gasteiger partial charge on any atom is 0.0900 e. The highest BCUT2D eigenvalue weighted by atomic mass is 32.1. The zero-order valence-corrected chi connectivity index (χ0v) is 12.1. The van der Waals surface area contributed by atoms with Crippen molar-refractivity contribution in [2.24, 2.45) is 5.92 Å². The smallest absolute Gasteiger partial charge is 0.0900 e. The number of aliphatic hydroxyl groups is 1. The number of hydrogen-bond donors (Lipinski definition) is 1. The Kier molecular flexibility index (Phi) is 5.18. The maximum atomic E-state index is 9.70. The molecule has 1 atom stereocenters. The Hall–Kier alpha value is -0.420. The van der Waals surface area contributed by atoms with E-state index in [0.717, 1.165) is 32.7 Å². The van der Waals surface area contributed by atoms with Gasteiger partial charge in [0.1, 0.15) is 0 Å². The van der Waals surface area contributed by atoms with Crippen molar-refractivity contribution in [1.29, 1.82) is 0 Å². The molecule has 0 amide bonds. The van der Waals surface area contributed by atoms with Crippen molar-refractivity contribution in [1.82, 2.24) is 4.90 Å². The van der Waals surface area contributed by atoms with Gasteiger partial charge in [0.05, 0.1) is 19.3 Å². The highest BCUT2D eigenvalue weighted by Crippen LogP contribution is 2.21. The highest BCUT2D eigenvalue weighted by molar-refractivity contribution is 7.11. The van der Waals surface area contributed by atoms with Crippen molar-refractivity contribution in [3.8, 4) is 0 Å². The van der Waals surface area contributed by atoms with Crippen LogP contribution >= 0.6 is 11.3 Å². The van der Waals surface area contributed by atoms with Gasteiger partial charge in [0.25, 0.3) is 0 Å². The molecule has 1 saturated heterocycles. The van der Waals surface area contributed by atoms with E-state index in [1.165, 1.54) is 9.75 Å². The Morgan fingerprint density at radius 2 is 2.22 bits per heavy atom. The number of rotatable bonds is 4. The molecule has 18 heavy (non-hydrogen) atoms. The minimum Gasteiger partial charge on any atom is -0.389 e. The number of hydrogen-bond acceptors (Lipinski definition) is 4. The normalized spacial score (nSPS) is 22.3. The third-order valence-corrected chi connectivity index (χ3v) is 4.13. The predicted molar refractivity (Wildman–Crippen MR) is 75.0 cm³/mol. The van der Waals surface area contributed by atoms with Crippen LogP contribution in [0.4, 0.5) is 0 Å². The number of β-amino-alcohol motifs (C(OH)–C–C–N with tert-alkyl or cyclic N) is 1. The fourth-order valence-electron chi connectivity index (χ4n) is 2.24. The first kappa shape index (κ1) is 14.0. The van der Waals surface area contributed by atoms with E-state index in [1.54, 1.807) is 0 Å². The van der Waals surface area contributed by atoms with Crippen LogP contribution in [0.15, 0.2) is 12.1 Å². The van der Waals surface area contributed by atoms with E-state index in [1.807, 2.05) is 11.3 Å². The summed E-state index contributed by atoms with van der Waals surface area (Å²) >= 11 is 1.90. The van der Waals surface area contributed by atoms with E-state index >= 15 is 0 Å². The third kappa shape index (κ3) is 4.35. The maximum absolute atomic E-state index is 9.70. The molecule has 1 N–H and O–H groups in total. The van der Waals surface area contributed by atoms with Crippen LogP contribution in [0.3, 0.4) is 0 Å². The lowest BCUT2D eigenvalue weighted by Gasteiger charge is -2.19. The molecule has 1 fully saturated rings. The van der Waals surface area contributed by atoms with Crippen LogP contribution in [0.2, 0.25) is 0 Å². The molecule has 1 aromatic rings. The highest BCUT2D eigenvalue weighted by Gasteiger charge is 2.17. The van der Waals surface area contributed by atoms with E-state index in [4.69, 9.17) is 4.74 Å². The molecule has 1 aliphatic heterocycles. The molecular formula is C14H23NO2S. The summed E-state index contributed by atoms with van der Waals surface area (Å²) in [5.74, 6) is 0.713. The van der Waals surface area contributed by atoms with Gasteiger partial charge in [0, 0.05) is 29.4 Å². The molecule has 102 valence electrons. The van der Waals surface area contributed by atoms with Crippen LogP contribution in [0.1, 0.15) is 23.6 Å². The molecule has 0 aliphatic carbocycles. The Morgan fingerprint density at radius 3 is 3.00 bits per heavy atom. The van der Waals surface area contributed by atoms with Crippen LogP contribution in [-0.4, -0.2) is 42.4 Å². The molecule has 1 aromatic heterocycles. The molecule has 0 spiro atoms. The van der Waals surface area contributed by atoms with Crippen LogP contribution in [0.25, 0.3) is 0 Å². The Bertz CT molecular complexity index is 364. The summed E-state index contributed by atoms with van der Waals surface area (Å²) in [5.41, 5.74) is 0. The summed E-state index contributed by atoms with van der Waals surface area (Å²) in [7, 11) is 0. The van der Waals surface area contributed by atoms with Gasteiger partial charge < -0.3 is 9.84 Å². The topological polar surface area (TPSA) is 32.7 Å². The number of thiophene rings is 1. The van der Waals surface area contributed by atoms with Crippen molar-refractivity contribution in [2.45, 2.75) is 32.9 Å². The molecule has 2 heterocycles. The van der Waals surface area contributed by atoms with Gasteiger partial charge in [0.2, 0.25) is 0 Å². The molecule has 0 unspecified atom stereocenters. The molecule has 0 saturated carbocycles. The zero-order valence-electron chi connectivity index (χ0n) is 11.3. The van der Waals surface area contributed by atoms with Crippen molar-refractivity contribution in [3.05, 3.63) is 21.9 Å². The second-order valence-corrected chi connectivity index (χ2v) is 6.68. The molecule has 0 bridgehead atoms. The monoisotopic (exact) mass is 269 g/mol. The number of aliphatic hydroxyl groups excluding tert-OH is 1. The van der Waals surface area contributed by atoms with Crippen LogP contribution in [0, 0.1) is 5.92 Å². The van der Waals surface area contributed by atoms with E-state index in [2.05, 4.69) is 30.9 Å². The third-order valence-electron chi connectivity index (χ3n) is 3.04. The average Bonchev–Trinajstić information content (AvgIpc) is 2.59. The molecule has 2 rings (SSSR count). The summed E-state index contributed by atoms with van der Waals surface area (Å²) in [6.07, 6.45) is 0.818. The molecule has 3 nitrogen and oxygen atoms in total. The Morgan fingerprint density at radius 1 is 1.44 bits per heavy atom. The van der Waals surface area contributed by atoms with E-state index in [9.17, 15) is 5.11 Å². The fourth-order valence-corrected chi connectivity index (χ4v) is 3.51. The van der Waals surface area contributed by atoms with Gasteiger partial charge in [-0.1, -0.05) is 13.8 Å². The minimum atomic E-state index is -0.345. The lowest BCUT2D eigenvalue weighted by Crippen LogP contribution is -2.31. The van der Waals surface area contributed by atoms with Gasteiger partial charge in [-0.2, -0.15) is 0 Å². The van der Waals surface area contributed by atoms with Crippen molar-refractivity contribution in [2.75, 3.05) is 26.3 Å². The van der Waals surface area contributed by atoms with Gasteiger partial charge >= 0.3 is 0 Å². The van der Waals surface area contributed by atoms with Gasteiger partial charge in [0.15, 0.2) is 0 Å². The second kappa shape index (κ2) is 6.66. The van der Waals surface area contributed by atoms with Crippen LogP contribution in [0.5, 0.6) is 0 Å².